The van der Waals surface area contributed by atoms with Crippen LogP contribution in [0.4, 0.5) is 10.1 Å². The molecule has 8 nitrogen and oxygen atoms in total. The topological polar surface area (TPSA) is 105 Å². The van der Waals surface area contributed by atoms with E-state index in [1.165, 1.54) is 19.2 Å². The van der Waals surface area contributed by atoms with Crippen LogP contribution in [0.25, 0.3) is 0 Å². The molecular weight excluding hydrogens is 497 g/mol. The van der Waals surface area contributed by atoms with E-state index in [1.54, 1.807) is 24.3 Å². The molecule has 1 aliphatic heterocycles. The molecule has 0 spiro atoms. The number of nitrogens with zero attached hydrogens (tertiary/aromatic N) is 1. The fourth-order valence-corrected chi connectivity index (χ4v) is 6.43. The number of methoxy groups -OCH3 is 1. The number of hydrogen-bond acceptors (Lipinski definition) is 6. The Morgan fingerprint density at radius 3 is 2.49 bits per heavy atom. The van der Waals surface area contributed by atoms with E-state index in [9.17, 15) is 22.4 Å². The Bertz CT molecular complexity index is 1230. The Kier molecular flexibility index (Phi) is 8.49. The first-order chi connectivity index (χ1) is 17.7. The van der Waals surface area contributed by atoms with Crippen molar-refractivity contribution in [2.24, 2.45) is 5.92 Å². The summed E-state index contributed by atoms with van der Waals surface area (Å²) in [6, 6.07) is 10.6. The molecule has 1 unspecified atom stereocenters. The largest absolute Gasteiger partial charge is 0.468 e. The van der Waals surface area contributed by atoms with Gasteiger partial charge in [0.05, 0.1) is 18.0 Å². The molecule has 1 fully saturated rings. The number of ether oxygens (including phenoxy) is 1. The third-order valence-electron chi connectivity index (χ3n) is 7.28. The molecule has 0 radical (unpaired) electrons. The van der Waals surface area contributed by atoms with Crippen LogP contribution in [0.5, 0.6) is 0 Å². The fourth-order valence-electron chi connectivity index (χ4n) is 5.11. The van der Waals surface area contributed by atoms with Crippen LogP contribution >= 0.6 is 0 Å². The molecule has 4 rings (SSSR count). The summed E-state index contributed by atoms with van der Waals surface area (Å²) in [5.41, 5.74) is 2.58. The highest BCUT2D eigenvalue weighted by molar-refractivity contribution is 7.89. The Morgan fingerprint density at radius 2 is 1.81 bits per heavy atom. The number of esters is 1. The molecule has 0 aromatic heterocycles. The first kappa shape index (κ1) is 27.1. The van der Waals surface area contributed by atoms with Crippen LogP contribution < -0.4 is 14.9 Å². The SMILES string of the molecule is COC(=O)CN1CCCc2ccc(S(=O)(=O)NC3CCC(C(=O)NC(C)c4ccc(F)cc4)CC3)cc21. The molecule has 2 N–H and O–H groups in total. The predicted octanol–water partition coefficient (Wildman–Crippen LogP) is 3.47. The minimum absolute atomic E-state index is 0.0708. The molecule has 1 atom stereocenters. The van der Waals surface area contributed by atoms with Gasteiger partial charge in [-0.3, -0.25) is 9.59 Å². The zero-order chi connectivity index (χ0) is 26.6. The quantitative estimate of drug-likeness (QED) is 0.506. The zero-order valence-corrected chi connectivity index (χ0v) is 22.0. The first-order valence-electron chi connectivity index (χ1n) is 12.7. The summed E-state index contributed by atoms with van der Waals surface area (Å²) in [4.78, 5) is 26.6. The molecule has 10 heteroatoms. The van der Waals surface area contributed by atoms with Crippen molar-refractivity contribution in [3.05, 3.63) is 59.4 Å². The molecule has 2 aliphatic rings. The Balaban J connectivity index is 1.34. The number of anilines is 1. The van der Waals surface area contributed by atoms with Gasteiger partial charge in [-0.15, -0.1) is 0 Å². The highest BCUT2D eigenvalue weighted by Crippen LogP contribution is 2.31. The van der Waals surface area contributed by atoms with E-state index >= 15 is 0 Å². The van der Waals surface area contributed by atoms with Gasteiger partial charge in [0.25, 0.3) is 0 Å². The minimum atomic E-state index is -3.77. The number of carbonyl (C=O) groups is 2. The monoisotopic (exact) mass is 531 g/mol. The maximum Gasteiger partial charge on any atom is 0.325 e. The number of sulfonamides is 1. The smallest absolute Gasteiger partial charge is 0.325 e. The number of carbonyl (C=O) groups excluding carboxylic acids is 2. The average Bonchev–Trinajstić information content (AvgIpc) is 2.89. The van der Waals surface area contributed by atoms with E-state index in [2.05, 4.69) is 10.0 Å². The maximum atomic E-state index is 13.2. The van der Waals surface area contributed by atoms with Crippen LogP contribution in [0.1, 0.15) is 56.2 Å². The molecule has 37 heavy (non-hydrogen) atoms. The molecule has 1 aliphatic carbocycles. The van der Waals surface area contributed by atoms with Gasteiger partial charge in [0.1, 0.15) is 12.4 Å². The summed E-state index contributed by atoms with van der Waals surface area (Å²) in [7, 11) is -2.44. The van der Waals surface area contributed by atoms with Gasteiger partial charge >= 0.3 is 5.97 Å². The van der Waals surface area contributed by atoms with Crippen molar-refractivity contribution in [3.63, 3.8) is 0 Å². The van der Waals surface area contributed by atoms with Crippen LogP contribution in [-0.4, -0.2) is 46.5 Å². The van der Waals surface area contributed by atoms with E-state index in [1.807, 2.05) is 17.9 Å². The number of amides is 1. The van der Waals surface area contributed by atoms with Gasteiger partial charge in [-0.25, -0.2) is 17.5 Å². The van der Waals surface area contributed by atoms with Crippen LogP contribution in [0.15, 0.2) is 47.4 Å². The normalized spacial score (nSPS) is 20.6. The molecule has 1 amide bonds. The van der Waals surface area contributed by atoms with Crippen LogP contribution in [0.2, 0.25) is 0 Å². The van der Waals surface area contributed by atoms with Crippen molar-refractivity contribution in [1.29, 1.82) is 0 Å². The van der Waals surface area contributed by atoms with Crippen LogP contribution in [0.3, 0.4) is 0 Å². The zero-order valence-electron chi connectivity index (χ0n) is 21.2. The van der Waals surface area contributed by atoms with Gasteiger partial charge < -0.3 is 15.0 Å². The van der Waals surface area contributed by atoms with Crippen molar-refractivity contribution < 1.29 is 27.1 Å². The molecule has 1 heterocycles. The average molecular weight is 532 g/mol. The summed E-state index contributed by atoms with van der Waals surface area (Å²) < 4.78 is 47.1. The summed E-state index contributed by atoms with van der Waals surface area (Å²) in [5.74, 6) is -0.957. The molecule has 0 bridgehead atoms. The van der Waals surface area contributed by atoms with Crippen molar-refractivity contribution in [2.75, 3.05) is 25.1 Å². The third-order valence-corrected chi connectivity index (χ3v) is 8.80. The number of halogens is 1. The summed E-state index contributed by atoms with van der Waals surface area (Å²) in [5, 5.41) is 2.99. The second-order valence-corrected chi connectivity index (χ2v) is 11.6. The summed E-state index contributed by atoms with van der Waals surface area (Å²) in [6.07, 6.45) is 3.97. The number of aryl methyl sites for hydroxylation is 1. The van der Waals surface area contributed by atoms with Gasteiger partial charge in [-0.05, 0) is 80.8 Å². The number of fused-ring (bicyclic) bond motifs is 1. The minimum Gasteiger partial charge on any atom is -0.468 e. The van der Waals surface area contributed by atoms with E-state index in [-0.39, 0.29) is 47.1 Å². The lowest BCUT2D eigenvalue weighted by Gasteiger charge is -2.31. The van der Waals surface area contributed by atoms with E-state index in [4.69, 9.17) is 4.74 Å². The third kappa shape index (κ3) is 6.67. The standard InChI is InChI=1S/C27H34FN3O5S/c1-18(19-5-10-22(28)11-6-19)29-27(33)21-7-12-23(13-8-21)30-37(34,35)24-14-9-20-4-3-15-31(25(20)16-24)17-26(32)36-2/h5-6,9-11,14,16,18,21,23,30H,3-4,7-8,12-13,15,17H2,1-2H3,(H,29,33). The van der Waals surface area contributed by atoms with Crippen LogP contribution in [-0.2, 0) is 30.8 Å². The summed E-state index contributed by atoms with van der Waals surface area (Å²) in [6.45, 7) is 2.59. The number of nitrogens with one attached hydrogen (secondary N) is 2. The van der Waals surface area contributed by atoms with Gasteiger partial charge in [-0.2, -0.15) is 0 Å². The Hall–Kier alpha value is -2.98. The number of hydrogen-bond donors (Lipinski definition) is 2. The second-order valence-electron chi connectivity index (χ2n) is 9.84. The Morgan fingerprint density at radius 1 is 1.11 bits per heavy atom. The van der Waals surface area contributed by atoms with Crippen LogP contribution in [0, 0.1) is 11.7 Å². The van der Waals surface area contributed by atoms with Crippen molar-refractivity contribution in [3.8, 4) is 0 Å². The van der Waals surface area contributed by atoms with Crippen molar-refractivity contribution in [2.45, 2.75) is 62.4 Å². The predicted molar refractivity (Wildman–Crippen MR) is 138 cm³/mol. The van der Waals surface area contributed by atoms with E-state index < -0.39 is 10.0 Å². The highest BCUT2D eigenvalue weighted by atomic mass is 32.2. The lowest BCUT2D eigenvalue weighted by molar-refractivity contribution is -0.139. The Labute approximate surface area is 217 Å². The van der Waals surface area contributed by atoms with Gasteiger partial charge in [0, 0.05) is 24.2 Å². The fraction of sp³-hybridized carbons (Fsp3) is 0.481. The number of rotatable bonds is 8. The molecule has 2 aromatic rings. The van der Waals surface area contributed by atoms with Crippen molar-refractivity contribution in [1.82, 2.24) is 10.0 Å². The van der Waals surface area contributed by atoms with Gasteiger partial charge in [-0.1, -0.05) is 18.2 Å². The summed E-state index contributed by atoms with van der Waals surface area (Å²) >= 11 is 0. The molecule has 0 saturated heterocycles. The highest BCUT2D eigenvalue weighted by Gasteiger charge is 2.30. The van der Waals surface area contributed by atoms with E-state index in [0.29, 0.717) is 32.2 Å². The number of benzene rings is 2. The molecular formula is C27H34FN3O5S. The molecule has 200 valence electrons. The van der Waals surface area contributed by atoms with Crippen molar-refractivity contribution >= 4 is 27.6 Å². The maximum absolute atomic E-state index is 13.2. The van der Waals surface area contributed by atoms with E-state index in [0.717, 1.165) is 29.7 Å². The van der Waals surface area contributed by atoms with Gasteiger partial charge in [0.2, 0.25) is 15.9 Å². The lowest BCUT2D eigenvalue weighted by Crippen LogP contribution is -2.41. The lowest BCUT2D eigenvalue weighted by atomic mass is 9.85. The van der Waals surface area contributed by atoms with Gasteiger partial charge in [0.15, 0.2) is 0 Å². The first-order valence-corrected chi connectivity index (χ1v) is 14.2. The molecule has 1 saturated carbocycles. The molecule has 2 aromatic carbocycles. The second kappa shape index (κ2) is 11.6.